The van der Waals surface area contributed by atoms with E-state index in [4.69, 9.17) is 11.6 Å². The van der Waals surface area contributed by atoms with Crippen molar-refractivity contribution >= 4 is 17.4 Å². The van der Waals surface area contributed by atoms with Crippen LogP contribution in [0.3, 0.4) is 0 Å². The summed E-state index contributed by atoms with van der Waals surface area (Å²) in [7, 11) is 1.80. The topological polar surface area (TPSA) is 24.9 Å². The molecule has 0 aliphatic carbocycles. The van der Waals surface area contributed by atoms with E-state index in [1.165, 1.54) is 0 Å². The number of anilines is 1. The zero-order valence-corrected chi connectivity index (χ0v) is 5.81. The van der Waals surface area contributed by atoms with Crippen molar-refractivity contribution in [1.82, 2.24) is 4.98 Å². The van der Waals surface area contributed by atoms with Gasteiger partial charge in [0.05, 0.1) is 0 Å². The lowest BCUT2D eigenvalue weighted by Gasteiger charge is -1.95. The molecule has 0 saturated carbocycles. The van der Waals surface area contributed by atoms with Crippen LogP contribution in [0.1, 0.15) is 0 Å². The molecule has 1 N–H and O–H groups in total. The minimum Gasteiger partial charge on any atom is -0.373 e. The van der Waals surface area contributed by atoms with E-state index in [2.05, 4.69) is 10.3 Å². The van der Waals surface area contributed by atoms with Gasteiger partial charge in [0.15, 0.2) is 0 Å². The Morgan fingerprint density at radius 1 is 1.56 bits per heavy atom. The number of aromatic nitrogens is 1. The average Bonchev–Trinajstić information content (AvgIpc) is 1.88. The molecule has 2 nitrogen and oxygen atoms in total. The second-order valence-electron chi connectivity index (χ2n) is 1.60. The summed E-state index contributed by atoms with van der Waals surface area (Å²) in [4.78, 5) is 3.95. The summed E-state index contributed by atoms with van der Waals surface area (Å²) < 4.78 is 0. The van der Waals surface area contributed by atoms with Crippen LogP contribution in [0, 0.1) is 0 Å². The van der Waals surface area contributed by atoms with Gasteiger partial charge in [-0.05, 0) is 12.1 Å². The van der Waals surface area contributed by atoms with Crippen molar-refractivity contribution in [3.63, 3.8) is 0 Å². The molecule has 0 bridgehead atoms. The van der Waals surface area contributed by atoms with E-state index in [-0.39, 0.29) is 0 Å². The first kappa shape index (κ1) is 6.36. The maximum absolute atomic E-state index is 5.57. The van der Waals surface area contributed by atoms with Crippen molar-refractivity contribution in [2.24, 2.45) is 0 Å². The van der Waals surface area contributed by atoms with Crippen molar-refractivity contribution in [2.75, 3.05) is 12.4 Å². The monoisotopic (exact) mass is 142 g/mol. The van der Waals surface area contributed by atoms with E-state index in [9.17, 15) is 0 Å². The van der Waals surface area contributed by atoms with Crippen molar-refractivity contribution < 1.29 is 0 Å². The Hall–Kier alpha value is -0.760. The Kier molecular flexibility index (Phi) is 1.90. The molecule has 0 aliphatic rings. The number of pyridine rings is 1. The van der Waals surface area contributed by atoms with Gasteiger partial charge in [-0.1, -0.05) is 17.7 Å². The second kappa shape index (κ2) is 2.69. The normalized spacial score (nSPS) is 9.11. The molecule has 0 amide bonds. The zero-order valence-electron chi connectivity index (χ0n) is 5.06. The average molecular weight is 143 g/mol. The van der Waals surface area contributed by atoms with Gasteiger partial charge in [-0.25, -0.2) is 4.98 Å². The highest BCUT2D eigenvalue weighted by Gasteiger charge is 1.88. The molecule has 0 unspecified atom stereocenters. The van der Waals surface area contributed by atoms with E-state index >= 15 is 0 Å². The van der Waals surface area contributed by atoms with E-state index < -0.39 is 0 Å². The van der Waals surface area contributed by atoms with Crippen molar-refractivity contribution in [1.29, 1.82) is 0 Å². The molecule has 1 rings (SSSR count). The number of hydrogen-bond donors (Lipinski definition) is 1. The van der Waals surface area contributed by atoms with Crippen LogP contribution < -0.4 is 5.32 Å². The summed E-state index contributed by atoms with van der Waals surface area (Å²) in [6, 6.07) is 5.44. The predicted octanol–water partition coefficient (Wildman–Crippen LogP) is 1.78. The lowest BCUT2D eigenvalue weighted by atomic mass is 10.5. The Labute approximate surface area is 58.9 Å². The summed E-state index contributed by atoms with van der Waals surface area (Å²) in [6.45, 7) is 0. The zero-order chi connectivity index (χ0) is 6.69. The summed E-state index contributed by atoms with van der Waals surface area (Å²) in [5, 5.41) is 3.39. The summed E-state index contributed by atoms with van der Waals surface area (Å²) >= 11 is 5.57. The van der Waals surface area contributed by atoms with Crippen LogP contribution in [0.25, 0.3) is 0 Å². The molecule has 0 fully saturated rings. The molecule has 0 spiro atoms. The lowest BCUT2D eigenvalue weighted by molar-refractivity contribution is 1.29. The van der Waals surface area contributed by atoms with Gasteiger partial charge in [0.2, 0.25) is 0 Å². The fourth-order valence-corrected chi connectivity index (χ4v) is 0.711. The van der Waals surface area contributed by atoms with Gasteiger partial charge in [0.25, 0.3) is 0 Å². The molecule has 0 aliphatic heterocycles. The summed E-state index contributed by atoms with van der Waals surface area (Å²) in [5.41, 5.74) is 0. The molecule has 0 radical (unpaired) electrons. The molecule has 1 aromatic rings. The quantitative estimate of drug-likeness (QED) is 0.605. The van der Waals surface area contributed by atoms with Crippen LogP contribution in [-0.4, -0.2) is 12.0 Å². The van der Waals surface area contributed by atoms with Gasteiger partial charge >= 0.3 is 0 Å². The van der Waals surface area contributed by atoms with E-state index in [1.54, 1.807) is 13.1 Å². The van der Waals surface area contributed by atoms with Gasteiger partial charge in [0, 0.05) is 7.05 Å². The molecule has 3 heteroatoms. The molecule has 1 heterocycles. The van der Waals surface area contributed by atoms with Crippen molar-refractivity contribution in [2.45, 2.75) is 0 Å². The summed E-state index contributed by atoms with van der Waals surface area (Å²) in [6.07, 6.45) is 0. The number of nitrogens with zero attached hydrogens (tertiary/aromatic N) is 1. The van der Waals surface area contributed by atoms with Gasteiger partial charge in [-0.2, -0.15) is 0 Å². The van der Waals surface area contributed by atoms with Gasteiger partial charge < -0.3 is 5.32 Å². The molecule has 0 atom stereocenters. The third kappa shape index (κ3) is 1.57. The Morgan fingerprint density at radius 3 is 2.78 bits per heavy atom. The predicted molar refractivity (Wildman–Crippen MR) is 38.8 cm³/mol. The first-order valence-corrected chi connectivity index (χ1v) is 3.01. The number of nitrogens with one attached hydrogen (secondary N) is 1. The van der Waals surface area contributed by atoms with Crippen LogP contribution in [0.4, 0.5) is 5.82 Å². The van der Waals surface area contributed by atoms with Crippen LogP contribution in [0.5, 0.6) is 0 Å². The number of hydrogen-bond acceptors (Lipinski definition) is 2. The maximum Gasteiger partial charge on any atom is 0.131 e. The van der Waals surface area contributed by atoms with Crippen molar-refractivity contribution in [3.05, 3.63) is 23.4 Å². The largest absolute Gasteiger partial charge is 0.373 e. The molecule has 0 aromatic carbocycles. The highest BCUT2D eigenvalue weighted by molar-refractivity contribution is 6.29. The minimum atomic E-state index is 0.516. The van der Waals surface area contributed by atoms with Crippen LogP contribution in [0.2, 0.25) is 5.15 Å². The van der Waals surface area contributed by atoms with Gasteiger partial charge in [-0.3, -0.25) is 0 Å². The number of halogens is 1. The molecule has 9 heavy (non-hydrogen) atoms. The van der Waals surface area contributed by atoms with Crippen LogP contribution in [-0.2, 0) is 0 Å². The lowest BCUT2D eigenvalue weighted by Crippen LogP contribution is -1.90. The highest BCUT2D eigenvalue weighted by Crippen LogP contribution is 2.07. The SMILES string of the molecule is CNc1cccc(Cl)n1. The third-order valence-electron chi connectivity index (χ3n) is 0.971. The molecule has 0 saturated heterocycles. The van der Waals surface area contributed by atoms with Crippen molar-refractivity contribution in [3.8, 4) is 0 Å². The van der Waals surface area contributed by atoms with Crippen LogP contribution in [0.15, 0.2) is 18.2 Å². The fourth-order valence-electron chi connectivity index (χ4n) is 0.548. The van der Waals surface area contributed by atoms with Crippen LogP contribution >= 0.6 is 11.6 Å². The second-order valence-corrected chi connectivity index (χ2v) is 1.98. The maximum atomic E-state index is 5.57. The molecule has 48 valence electrons. The van der Waals surface area contributed by atoms with Gasteiger partial charge in [0.1, 0.15) is 11.0 Å². The van der Waals surface area contributed by atoms with E-state index in [1.807, 2.05) is 12.1 Å². The highest BCUT2D eigenvalue weighted by atomic mass is 35.5. The molecular formula is C6H7ClN2. The Balaban J connectivity index is 2.94. The minimum absolute atomic E-state index is 0.516. The van der Waals surface area contributed by atoms with Gasteiger partial charge in [-0.15, -0.1) is 0 Å². The standard InChI is InChI=1S/C6H7ClN2/c1-8-6-4-2-3-5(7)9-6/h2-4H,1H3,(H,8,9). The molecule has 1 aromatic heterocycles. The first-order chi connectivity index (χ1) is 4.33. The van der Waals surface area contributed by atoms with E-state index in [0.717, 1.165) is 5.82 Å². The summed E-state index contributed by atoms with van der Waals surface area (Å²) in [5.74, 6) is 0.794. The van der Waals surface area contributed by atoms with E-state index in [0.29, 0.717) is 5.15 Å². The number of rotatable bonds is 1. The smallest absolute Gasteiger partial charge is 0.131 e. The molecular weight excluding hydrogens is 136 g/mol. The Bertz CT molecular complexity index is 200. The third-order valence-corrected chi connectivity index (χ3v) is 1.18. The Morgan fingerprint density at radius 2 is 2.33 bits per heavy atom. The first-order valence-electron chi connectivity index (χ1n) is 2.63. The fraction of sp³-hybridized carbons (Fsp3) is 0.167.